The Balaban J connectivity index is 1.39. The van der Waals surface area contributed by atoms with Gasteiger partial charge in [-0.05, 0) is 6.07 Å². The predicted octanol–water partition coefficient (Wildman–Crippen LogP) is 1.85. The van der Waals surface area contributed by atoms with Crippen LogP contribution >= 0.6 is 0 Å². The zero-order valence-electron chi connectivity index (χ0n) is 17.4. The normalized spacial score (nSPS) is 14.0. The maximum absolute atomic E-state index is 13.1. The number of hydrogen-bond acceptors (Lipinski definition) is 6. The largest absolute Gasteiger partial charge is 0.378 e. The van der Waals surface area contributed by atoms with Gasteiger partial charge in [0.15, 0.2) is 11.5 Å². The summed E-state index contributed by atoms with van der Waals surface area (Å²) in [6.07, 6.45) is 3.16. The Labute approximate surface area is 183 Å². The number of aromatic nitrogens is 5. The minimum Gasteiger partial charge on any atom is -0.378 e. The molecule has 10 heteroatoms. The van der Waals surface area contributed by atoms with Crippen LogP contribution in [0.4, 0.5) is 5.69 Å². The van der Waals surface area contributed by atoms with Gasteiger partial charge < -0.3 is 15.0 Å². The second-order valence-electron chi connectivity index (χ2n) is 7.41. The van der Waals surface area contributed by atoms with E-state index in [2.05, 4.69) is 20.5 Å². The summed E-state index contributed by atoms with van der Waals surface area (Å²) in [5.74, 6) is -0.0557. The summed E-state index contributed by atoms with van der Waals surface area (Å²) in [4.78, 5) is 32.2. The van der Waals surface area contributed by atoms with Gasteiger partial charge >= 0.3 is 0 Å². The number of anilines is 1. The van der Waals surface area contributed by atoms with Gasteiger partial charge in [-0.3, -0.25) is 14.3 Å². The molecule has 1 fully saturated rings. The molecule has 0 radical (unpaired) electrons. The van der Waals surface area contributed by atoms with Gasteiger partial charge in [-0.1, -0.05) is 30.3 Å². The highest BCUT2D eigenvalue weighted by Crippen LogP contribution is 2.19. The standard InChI is InChI=1S/C22H21N7O3/c1-27-19(17(14-23-27)22(31)28-9-11-32-12-10-28)21(30)24-16-7-8-29-18(13-16)25-20(26-29)15-5-3-2-4-6-15/h2-8,13-14H,9-12H2,1H3,(H,24,30). The molecule has 4 aromatic rings. The van der Waals surface area contributed by atoms with Crippen LogP contribution in [-0.4, -0.2) is 67.4 Å². The van der Waals surface area contributed by atoms with Crippen molar-refractivity contribution in [1.82, 2.24) is 29.3 Å². The molecule has 1 aliphatic heterocycles. The lowest BCUT2D eigenvalue weighted by Crippen LogP contribution is -2.41. The Morgan fingerprint density at radius 1 is 1.09 bits per heavy atom. The van der Waals surface area contributed by atoms with Gasteiger partial charge in [0, 0.05) is 43.7 Å². The van der Waals surface area contributed by atoms with E-state index in [0.29, 0.717) is 43.5 Å². The molecule has 10 nitrogen and oxygen atoms in total. The molecule has 0 spiro atoms. The molecule has 1 aliphatic rings. The van der Waals surface area contributed by atoms with Crippen molar-refractivity contribution >= 4 is 23.1 Å². The molecule has 0 unspecified atom stereocenters. The smallest absolute Gasteiger partial charge is 0.274 e. The lowest BCUT2D eigenvalue weighted by Gasteiger charge is -2.26. The average molecular weight is 431 g/mol. The Morgan fingerprint density at radius 3 is 2.66 bits per heavy atom. The number of carbonyl (C=O) groups is 2. The van der Waals surface area contributed by atoms with Crippen LogP contribution in [0.1, 0.15) is 20.8 Å². The first kappa shape index (κ1) is 19.9. The van der Waals surface area contributed by atoms with E-state index < -0.39 is 5.91 Å². The van der Waals surface area contributed by atoms with E-state index >= 15 is 0 Å². The Bertz CT molecular complexity index is 1290. The minimum atomic E-state index is -0.422. The Kier molecular flexibility index (Phi) is 5.12. The average Bonchev–Trinajstić information content (AvgIpc) is 3.43. The van der Waals surface area contributed by atoms with Crippen LogP contribution in [0.25, 0.3) is 17.0 Å². The molecular weight excluding hydrogens is 410 g/mol. The summed E-state index contributed by atoms with van der Waals surface area (Å²) >= 11 is 0. The van der Waals surface area contributed by atoms with E-state index in [0.717, 1.165) is 5.56 Å². The molecular formula is C22H21N7O3. The van der Waals surface area contributed by atoms with Crippen LogP contribution in [0.15, 0.2) is 54.9 Å². The third kappa shape index (κ3) is 3.71. The molecule has 0 atom stereocenters. The summed E-state index contributed by atoms with van der Waals surface area (Å²) in [5.41, 5.74) is 2.51. The molecule has 0 bridgehead atoms. The minimum absolute atomic E-state index is 0.202. The number of aryl methyl sites for hydroxylation is 1. The molecule has 0 saturated carbocycles. The molecule has 32 heavy (non-hydrogen) atoms. The van der Waals surface area contributed by atoms with Crippen molar-refractivity contribution < 1.29 is 14.3 Å². The molecule has 1 aromatic carbocycles. The predicted molar refractivity (Wildman–Crippen MR) is 116 cm³/mol. The second kappa shape index (κ2) is 8.23. The number of pyridine rings is 1. The molecule has 1 saturated heterocycles. The Morgan fingerprint density at radius 2 is 1.88 bits per heavy atom. The summed E-state index contributed by atoms with van der Waals surface area (Å²) < 4.78 is 8.36. The molecule has 0 aliphatic carbocycles. The number of nitrogens with one attached hydrogen (secondary N) is 1. The lowest BCUT2D eigenvalue weighted by molar-refractivity contribution is 0.0302. The van der Waals surface area contributed by atoms with Gasteiger partial charge in [-0.25, -0.2) is 9.50 Å². The first-order valence-electron chi connectivity index (χ1n) is 10.2. The number of rotatable bonds is 4. The van der Waals surface area contributed by atoms with Gasteiger partial charge in [0.05, 0.1) is 25.0 Å². The van der Waals surface area contributed by atoms with E-state index in [4.69, 9.17) is 4.74 Å². The molecule has 1 N–H and O–H groups in total. The molecule has 162 valence electrons. The number of hydrogen-bond donors (Lipinski definition) is 1. The van der Waals surface area contributed by atoms with E-state index in [1.807, 2.05) is 30.3 Å². The maximum Gasteiger partial charge on any atom is 0.274 e. The molecule has 5 rings (SSSR count). The van der Waals surface area contributed by atoms with Gasteiger partial charge in [-0.15, -0.1) is 5.10 Å². The van der Waals surface area contributed by atoms with Crippen molar-refractivity contribution in [2.45, 2.75) is 0 Å². The number of fused-ring (bicyclic) bond motifs is 1. The van der Waals surface area contributed by atoms with E-state index in [1.165, 1.54) is 10.9 Å². The van der Waals surface area contributed by atoms with Crippen molar-refractivity contribution in [1.29, 1.82) is 0 Å². The Hall–Kier alpha value is -4.05. The van der Waals surface area contributed by atoms with Crippen LogP contribution < -0.4 is 5.32 Å². The fraction of sp³-hybridized carbons (Fsp3) is 0.227. The molecule has 3 aromatic heterocycles. The third-order valence-electron chi connectivity index (χ3n) is 5.31. The van der Waals surface area contributed by atoms with Crippen molar-refractivity contribution in [3.63, 3.8) is 0 Å². The van der Waals surface area contributed by atoms with Gasteiger partial charge in [0.2, 0.25) is 0 Å². The van der Waals surface area contributed by atoms with Gasteiger partial charge in [0.1, 0.15) is 5.69 Å². The number of carbonyl (C=O) groups excluding carboxylic acids is 2. The van der Waals surface area contributed by atoms with Crippen LogP contribution in [0.2, 0.25) is 0 Å². The van der Waals surface area contributed by atoms with Crippen molar-refractivity contribution in [3.8, 4) is 11.4 Å². The highest BCUT2D eigenvalue weighted by Gasteiger charge is 2.27. The van der Waals surface area contributed by atoms with Crippen molar-refractivity contribution in [2.75, 3.05) is 31.6 Å². The second-order valence-corrected chi connectivity index (χ2v) is 7.41. The molecule has 4 heterocycles. The molecule has 2 amide bonds. The summed E-state index contributed by atoms with van der Waals surface area (Å²) in [6, 6.07) is 13.1. The fourth-order valence-electron chi connectivity index (χ4n) is 3.66. The van der Waals surface area contributed by atoms with E-state index in [1.54, 1.807) is 34.8 Å². The van der Waals surface area contributed by atoms with Crippen LogP contribution in [0.3, 0.4) is 0 Å². The first-order valence-corrected chi connectivity index (χ1v) is 10.2. The number of nitrogens with zero attached hydrogens (tertiary/aromatic N) is 6. The first-order chi connectivity index (χ1) is 15.6. The van der Waals surface area contributed by atoms with Crippen LogP contribution in [0.5, 0.6) is 0 Å². The zero-order valence-corrected chi connectivity index (χ0v) is 17.4. The lowest BCUT2D eigenvalue weighted by atomic mass is 10.2. The quantitative estimate of drug-likeness (QED) is 0.529. The van der Waals surface area contributed by atoms with Crippen molar-refractivity contribution in [3.05, 3.63) is 66.1 Å². The van der Waals surface area contributed by atoms with E-state index in [-0.39, 0.29) is 17.2 Å². The topological polar surface area (TPSA) is 107 Å². The fourth-order valence-corrected chi connectivity index (χ4v) is 3.66. The van der Waals surface area contributed by atoms with E-state index in [9.17, 15) is 9.59 Å². The highest BCUT2D eigenvalue weighted by molar-refractivity contribution is 6.11. The SMILES string of the molecule is Cn1ncc(C(=O)N2CCOCC2)c1C(=O)Nc1ccn2nc(-c3ccccc3)nc2c1. The highest BCUT2D eigenvalue weighted by atomic mass is 16.5. The number of morpholine rings is 1. The maximum atomic E-state index is 13.1. The third-order valence-corrected chi connectivity index (χ3v) is 5.31. The summed E-state index contributed by atoms with van der Waals surface area (Å²) in [6.45, 7) is 1.94. The monoisotopic (exact) mass is 431 g/mol. The van der Waals surface area contributed by atoms with Gasteiger partial charge in [-0.2, -0.15) is 5.10 Å². The zero-order chi connectivity index (χ0) is 22.1. The van der Waals surface area contributed by atoms with Crippen molar-refractivity contribution in [2.24, 2.45) is 7.05 Å². The van der Waals surface area contributed by atoms with Crippen LogP contribution in [-0.2, 0) is 11.8 Å². The number of ether oxygens (including phenoxy) is 1. The number of amides is 2. The van der Waals surface area contributed by atoms with Crippen LogP contribution in [0, 0.1) is 0 Å². The number of benzene rings is 1. The summed E-state index contributed by atoms with van der Waals surface area (Å²) in [7, 11) is 1.64. The summed E-state index contributed by atoms with van der Waals surface area (Å²) in [5, 5.41) is 11.5. The van der Waals surface area contributed by atoms with Gasteiger partial charge in [0.25, 0.3) is 11.8 Å².